The molecule has 4 rings (SSSR count). The highest BCUT2D eigenvalue weighted by molar-refractivity contribution is 7.22. The van der Waals surface area contributed by atoms with E-state index in [4.69, 9.17) is 18.9 Å². The van der Waals surface area contributed by atoms with Gasteiger partial charge in [0, 0.05) is 23.8 Å². The molecule has 0 bridgehead atoms. The second-order valence-corrected chi connectivity index (χ2v) is 6.28. The van der Waals surface area contributed by atoms with E-state index < -0.39 is 0 Å². The van der Waals surface area contributed by atoms with Gasteiger partial charge in [0.05, 0.1) is 24.4 Å². The molecule has 0 spiro atoms. The minimum absolute atomic E-state index is 0.216. The van der Waals surface area contributed by atoms with Gasteiger partial charge in [-0.3, -0.25) is 10.1 Å². The maximum atomic E-state index is 12.5. The zero-order valence-electron chi connectivity index (χ0n) is 13.5. The highest BCUT2D eigenvalue weighted by Gasteiger charge is 2.18. The number of carbonyl (C=O) groups excluding carboxylic acids is 1. The van der Waals surface area contributed by atoms with Gasteiger partial charge in [-0.05, 0) is 12.1 Å². The molecular weight excluding hydrogens is 344 g/mol. The van der Waals surface area contributed by atoms with E-state index in [1.807, 2.05) is 6.07 Å². The molecule has 1 amide bonds. The molecule has 0 radical (unpaired) electrons. The van der Waals surface area contributed by atoms with E-state index in [1.165, 1.54) is 25.6 Å². The molecule has 0 saturated carbocycles. The molecule has 2 heterocycles. The highest BCUT2D eigenvalue weighted by Crippen LogP contribution is 2.39. The molecule has 25 heavy (non-hydrogen) atoms. The second-order valence-electron chi connectivity index (χ2n) is 5.25. The Morgan fingerprint density at radius 1 is 1.08 bits per heavy atom. The number of nitrogens with one attached hydrogen (secondary N) is 1. The Morgan fingerprint density at radius 2 is 1.76 bits per heavy atom. The third kappa shape index (κ3) is 2.91. The molecule has 0 unspecified atom stereocenters. The Bertz CT molecular complexity index is 906. The highest BCUT2D eigenvalue weighted by atomic mass is 32.1. The van der Waals surface area contributed by atoms with E-state index in [0.29, 0.717) is 33.7 Å². The van der Waals surface area contributed by atoms with Gasteiger partial charge in [0.25, 0.3) is 5.91 Å². The van der Waals surface area contributed by atoms with Crippen LogP contribution in [0.4, 0.5) is 5.13 Å². The Kier molecular flexibility index (Phi) is 3.81. The van der Waals surface area contributed by atoms with Gasteiger partial charge >= 0.3 is 0 Å². The van der Waals surface area contributed by atoms with Gasteiger partial charge in [-0.1, -0.05) is 11.3 Å². The molecule has 1 aromatic heterocycles. The zero-order chi connectivity index (χ0) is 17.4. The number of hydrogen-bond acceptors (Lipinski definition) is 7. The fourth-order valence-electron chi connectivity index (χ4n) is 2.48. The van der Waals surface area contributed by atoms with Crippen molar-refractivity contribution in [2.45, 2.75) is 0 Å². The van der Waals surface area contributed by atoms with Crippen LogP contribution in [0.5, 0.6) is 23.0 Å². The number of fused-ring (bicyclic) bond motifs is 2. The van der Waals surface area contributed by atoms with Crippen LogP contribution in [0.2, 0.25) is 0 Å². The smallest absolute Gasteiger partial charge is 0.257 e. The summed E-state index contributed by atoms with van der Waals surface area (Å²) in [7, 11) is 3.07. The van der Waals surface area contributed by atoms with Crippen LogP contribution < -0.4 is 24.3 Å². The first kappa shape index (κ1) is 15.5. The van der Waals surface area contributed by atoms with Crippen LogP contribution >= 0.6 is 11.3 Å². The van der Waals surface area contributed by atoms with E-state index in [0.717, 1.165) is 10.2 Å². The number of amides is 1. The van der Waals surface area contributed by atoms with Crippen molar-refractivity contribution < 1.29 is 23.7 Å². The maximum Gasteiger partial charge on any atom is 0.257 e. The summed E-state index contributed by atoms with van der Waals surface area (Å²) in [5, 5.41) is 3.29. The lowest BCUT2D eigenvalue weighted by molar-refractivity contribution is 0.102. The molecule has 1 aliphatic heterocycles. The van der Waals surface area contributed by atoms with E-state index in [2.05, 4.69) is 10.3 Å². The van der Waals surface area contributed by atoms with Crippen molar-refractivity contribution in [1.29, 1.82) is 0 Å². The van der Waals surface area contributed by atoms with Gasteiger partial charge in [0.15, 0.2) is 16.6 Å². The fraction of sp³-hybridized carbons (Fsp3) is 0.176. The Labute approximate surface area is 147 Å². The first-order valence-corrected chi connectivity index (χ1v) is 8.22. The number of benzene rings is 2. The van der Waals surface area contributed by atoms with Crippen molar-refractivity contribution >= 4 is 32.6 Å². The first-order valence-electron chi connectivity index (χ1n) is 7.41. The third-order valence-corrected chi connectivity index (χ3v) is 4.65. The summed E-state index contributed by atoms with van der Waals surface area (Å²) in [4.78, 5) is 17.0. The number of nitrogens with zero attached hydrogens (tertiary/aromatic N) is 1. The van der Waals surface area contributed by atoms with Gasteiger partial charge < -0.3 is 18.9 Å². The lowest BCUT2D eigenvalue weighted by Gasteiger charge is -2.07. The SMILES string of the molecule is COc1cc(OC)cc(C(=O)Nc2nc3cc4c(cc3s2)OCO4)c1. The van der Waals surface area contributed by atoms with E-state index in [9.17, 15) is 4.79 Å². The molecule has 1 aliphatic rings. The third-order valence-electron chi connectivity index (χ3n) is 3.72. The van der Waals surface area contributed by atoms with Crippen LogP contribution in [-0.4, -0.2) is 31.9 Å². The standard InChI is InChI=1S/C17H14N2O5S/c1-21-10-3-9(4-11(5-10)22-2)16(20)19-17-18-12-6-13-14(24-8-23-13)7-15(12)25-17/h3-7H,8H2,1-2H3,(H,18,19,20). The van der Waals surface area contributed by atoms with Gasteiger partial charge in [0.2, 0.25) is 6.79 Å². The van der Waals surface area contributed by atoms with Crippen molar-refractivity contribution in [1.82, 2.24) is 4.98 Å². The minimum atomic E-state index is -0.295. The molecule has 0 fully saturated rings. The predicted molar refractivity (Wildman–Crippen MR) is 93.2 cm³/mol. The predicted octanol–water partition coefficient (Wildman–Crippen LogP) is 3.29. The van der Waals surface area contributed by atoms with E-state index >= 15 is 0 Å². The number of ether oxygens (including phenoxy) is 4. The van der Waals surface area contributed by atoms with Crippen molar-refractivity contribution in [2.24, 2.45) is 0 Å². The zero-order valence-corrected chi connectivity index (χ0v) is 14.3. The fourth-order valence-corrected chi connectivity index (χ4v) is 3.35. The monoisotopic (exact) mass is 358 g/mol. The van der Waals surface area contributed by atoms with Crippen LogP contribution in [0.3, 0.4) is 0 Å². The minimum Gasteiger partial charge on any atom is -0.497 e. The number of rotatable bonds is 4. The summed E-state index contributed by atoms with van der Waals surface area (Å²) < 4.78 is 22.0. The maximum absolute atomic E-state index is 12.5. The number of methoxy groups -OCH3 is 2. The van der Waals surface area contributed by atoms with Gasteiger partial charge in [0.1, 0.15) is 11.5 Å². The van der Waals surface area contributed by atoms with Crippen LogP contribution in [-0.2, 0) is 0 Å². The van der Waals surface area contributed by atoms with Crippen LogP contribution in [0.1, 0.15) is 10.4 Å². The van der Waals surface area contributed by atoms with Gasteiger partial charge in [-0.25, -0.2) is 4.98 Å². The number of thiazole rings is 1. The Morgan fingerprint density at radius 3 is 2.44 bits per heavy atom. The number of aromatic nitrogens is 1. The summed E-state index contributed by atoms with van der Waals surface area (Å²) in [5.74, 6) is 2.13. The molecule has 0 saturated heterocycles. The van der Waals surface area contributed by atoms with Crippen LogP contribution in [0.25, 0.3) is 10.2 Å². The van der Waals surface area contributed by atoms with Crippen molar-refractivity contribution in [3.63, 3.8) is 0 Å². The topological polar surface area (TPSA) is 78.9 Å². The molecule has 128 valence electrons. The lowest BCUT2D eigenvalue weighted by atomic mass is 10.2. The Balaban J connectivity index is 1.61. The average molecular weight is 358 g/mol. The number of carbonyl (C=O) groups is 1. The largest absolute Gasteiger partial charge is 0.497 e. The second kappa shape index (κ2) is 6.14. The number of hydrogen-bond donors (Lipinski definition) is 1. The quantitative estimate of drug-likeness (QED) is 0.771. The van der Waals surface area contributed by atoms with Crippen molar-refractivity contribution in [3.8, 4) is 23.0 Å². The molecule has 0 aliphatic carbocycles. The summed E-state index contributed by atoms with van der Waals surface area (Å²) in [5.41, 5.74) is 1.16. The molecule has 3 aromatic rings. The summed E-state index contributed by atoms with van der Waals surface area (Å²) >= 11 is 1.37. The first-order chi connectivity index (χ1) is 12.2. The van der Waals surface area contributed by atoms with E-state index in [1.54, 1.807) is 24.3 Å². The average Bonchev–Trinajstić information content (AvgIpc) is 3.23. The van der Waals surface area contributed by atoms with Gasteiger partial charge in [-0.15, -0.1) is 0 Å². The Hall–Kier alpha value is -3.00. The lowest BCUT2D eigenvalue weighted by Crippen LogP contribution is -2.12. The van der Waals surface area contributed by atoms with E-state index in [-0.39, 0.29) is 12.7 Å². The van der Waals surface area contributed by atoms with Crippen LogP contribution in [0.15, 0.2) is 30.3 Å². The van der Waals surface area contributed by atoms with Gasteiger partial charge in [-0.2, -0.15) is 0 Å². The summed E-state index contributed by atoms with van der Waals surface area (Å²) in [6.45, 7) is 0.216. The molecule has 8 heteroatoms. The van der Waals surface area contributed by atoms with Crippen LogP contribution in [0, 0.1) is 0 Å². The van der Waals surface area contributed by atoms with Crippen molar-refractivity contribution in [2.75, 3.05) is 26.3 Å². The summed E-state index contributed by atoms with van der Waals surface area (Å²) in [6, 6.07) is 8.65. The normalized spacial score (nSPS) is 12.2. The molecule has 7 nitrogen and oxygen atoms in total. The number of anilines is 1. The molecular formula is C17H14N2O5S. The summed E-state index contributed by atoms with van der Waals surface area (Å²) in [6.07, 6.45) is 0. The van der Waals surface area contributed by atoms with Crippen molar-refractivity contribution in [3.05, 3.63) is 35.9 Å². The molecule has 1 N–H and O–H groups in total. The molecule has 0 atom stereocenters. The molecule has 2 aromatic carbocycles.